The molecule has 1 saturated heterocycles. The third kappa shape index (κ3) is 5.26. The highest BCUT2D eigenvalue weighted by molar-refractivity contribution is 7.89. The van der Waals surface area contributed by atoms with Gasteiger partial charge in [0.25, 0.3) is 10.0 Å². The lowest BCUT2D eigenvalue weighted by atomic mass is 10.0. The zero-order valence-electron chi connectivity index (χ0n) is 15.9. The van der Waals surface area contributed by atoms with E-state index in [2.05, 4.69) is 10.3 Å². The van der Waals surface area contributed by atoms with Crippen LogP contribution in [0.5, 0.6) is 0 Å². The first-order valence-electron chi connectivity index (χ1n) is 9.41. The topological polar surface area (TPSA) is 122 Å². The lowest BCUT2D eigenvalue weighted by molar-refractivity contribution is -0.128. The van der Waals surface area contributed by atoms with Crippen molar-refractivity contribution in [1.82, 2.24) is 14.6 Å². The van der Waals surface area contributed by atoms with Gasteiger partial charge in [0.15, 0.2) is 10.8 Å². The smallest absolute Gasteiger partial charge is 0.260 e. The van der Waals surface area contributed by atoms with E-state index in [0.29, 0.717) is 19.3 Å². The number of ketones is 1. The first kappa shape index (κ1) is 21.1. The highest BCUT2D eigenvalue weighted by Gasteiger charge is 2.34. The molecule has 3 rings (SSSR count). The largest absolute Gasteiger partial charge is 0.345 e. The van der Waals surface area contributed by atoms with Crippen molar-refractivity contribution in [3.63, 3.8) is 0 Å². The number of carbonyl (C=O) groups is 2. The maximum atomic E-state index is 12.7. The fourth-order valence-corrected chi connectivity index (χ4v) is 4.60. The Hall–Kier alpha value is -2.62. The van der Waals surface area contributed by atoms with E-state index in [1.807, 2.05) is 30.3 Å². The number of carbonyl (C=O) groups excluding carboxylic acids is 2. The summed E-state index contributed by atoms with van der Waals surface area (Å²) >= 11 is 0. The van der Waals surface area contributed by atoms with Crippen LogP contribution in [0, 0.1) is 0 Å². The molecule has 8 nitrogen and oxygen atoms in total. The summed E-state index contributed by atoms with van der Waals surface area (Å²) in [6.07, 6.45) is 2.55. The molecule has 3 N–H and O–H groups in total. The molecule has 1 amide bonds. The second kappa shape index (κ2) is 9.25. The molecule has 154 valence electrons. The van der Waals surface area contributed by atoms with Crippen LogP contribution in [-0.2, 0) is 26.0 Å². The molecule has 9 heteroatoms. The third-order valence-corrected chi connectivity index (χ3v) is 6.58. The molecule has 1 unspecified atom stereocenters. The SMILES string of the molecule is N[C@@H](Cc1ccccc1)C(=O)NC1CCCN(S(=O)(=O)c2ccccn2)CC1=O. The Kier molecular flexibility index (Phi) is 6.73. The molecule has 0 spiro atoms. The molecule has 0 radical (unpaired) electrons. The highest BCUT2D eigenvalue weighted by atomic mass is 32.2. The Morgan fingerprint density at radius 1 is 1.21 bits per heavy atom. The molecule has 2 atom stereocenters. The van der Waals surface area contributed by atoms with Gasteiger partial charge in [0, 0.05) is 12.7 Å². The minimum absolute atomic E-state index is 0.0971. The standard InChI is InChI=1S/C20H24N4O4S/c21-16(13-15-7-2-1-3-8-15)20(26)23-17-9-6-12-24(14-18(17)25)29(27,28)19-10-4-5-11-22-19/h1-5,7-8,10-11,16-17H,6,9,12-14,21H2,(H,23,26)/t16-,17?/m0/s1. The van der Waals surface area contributed by atoms with Crippen molar-refractivity contribution in [1.29, 1.82) is 0 Å². The van der Waals surface area contributed by atoms with Crippen LogP contribution in [0.25, 0.3) is 0 Å². The second-order valence-corrected chi connectivity index (χ2v) is 8.86. The first-order valence-corrected chi connectivity index (χ1v) is 10.9. The van der Waals surface area contributed by atoms with Gasteiger partial charge in [0.05, 0.1) is 18.6 Å². The van der Waals surface area contributed by atoms with E-state index in [9.17, 15) is 18.0 Å². The van der Waals surface area contributed by atoms with Gasteiger partial charge >= 0.3 is 0 Å². The summed E-state index contributed by atoms with van der Waals surface area (Å²) in [5.74, 6) is -0.782. The summed E-state index contributed by atoms with van der Waals surface area (Å²) in [5.41, 5.74) is 6.91. The monoisotopic (exact) mass is 416 g/mol. The third-order valence-electron chi connectivity index (χ3n) is 4.81. The Morgan fingerprint density at radius 3 is 2.62 bits per heavy atom. The molecule has 0 saturated carbocycles. The lowest BCUT2D eigenvalue weighted by Crippen LogP contribution is -2.50. The molecule has 0 bridgehead atoms. The number of rotatable bonds is 6. The molecule has 1 aliphatic heterocycles. The predicted molar refractivity (Wildman–Crippen MR) is 107 cm³/mol. The van der Waals surface area contributed by atoms with Crippen LogP contribution >= 0.6 is 0 Å². The molecule has 1 aromatic carbocycles. The van der Waals surface area contributed by atoms with Crippen molar-refractivity contribution >= 4 is 21.7 Å². The van der Waals surface area contributed by atoms with Gasteiger partial charge < -0.3 is 11.1 Å². The van der Waals surface area contributed by atoms with E-state index in [-0.39, 0.29) is 23.9 Å². The minimum Gasteiger partial charge on any atom is -0.345 e. The number of nitrogens with two attached hydrogens (primary N) is 1. The van der Waals surface area contributed by atoms with Gasteiger partial charge in [-0.15, -0.1) is 0 Å². The molecule has 2 heterocycles. The second-order valence-electron chi connectivity index (χ2n) is 6.97. The molecular weight excluding hydrogens is 392 g/mol. The Morgan fingerprint density at radius 2 is 1.93 bits per heavy atom. The van der Waals surface area contributed by atoms with Crippen molar-refractivity contribution in [2.45, 2.75) is 36.4 Å². The first-order chi connectivity index (χ1) is 13.9. The number of sulfonamides is 1. The molecule has 1 aromatic heterocycles. The van der Waals surface area contributed by atoms with Crippen LogP contribution in [0.2, 0.25) is 0 Å². The van der Waals surface area contributed by atoms with E-state index in [4.69, 9.17) is 5.73 Å². The van der Waals surface area contributed by atoms with Crippen LogP contribution in [-0.4, -0.2) is 54.6 Å². The molecule has 1 fully saturated rings. The highest BCUT2D eigenvalue weighted by Crippen LogP contribution is 2.17. The van der Waals surface area contributed by atoms with Crippen molar-refractivity contribution in [3.05, 3.63) is 60.3 Å². The number of nitrogens with one attached hydrogen (secondary N) is 1. The van der Waals surface area contributed by atoms with Crippen molar-refractivity contribution in [2.24, 2.45) is 5.73 Å². The fraction of sp³-hybridized carbons (Fsp3) is 0.350. The predicted octanol–water partition coefficient (Wildman–Crippen LogP) is 0.490. The van der Waals surface area contributed by atoms with Crippen molar-refractivity contribution in [2.75, 3.05) is 13.1 Å². The molecular formula is C20H24N4O4S. The Balaban J connectivity index is 1.63. The number of amides is 1. The van der Waals surface area contributed by atoms with E-state index in [1.165, 1.54) is 12.3 Å². The average molecular weight is 417 g/mol. The average Bonchev–Trinajstić information content (AvgIpc) is 2.91. The maximum Gasteiger partial charge on any atom is 0.260 e. The zero-order valence-corrected chi connectivity index (χ0v) is 16.7. The molecule has 0 aliphatic carbocycles. The summed E-state index contributed by atoms with van der Waals surface area (Å²) in [6, 6.07) is 12.4. The van der Waals surface area contributed by atoms with Crippen LogP contribution in [0.4, 0.5) is 0 Å². The van der Waals surface area contributed by atoms with Crippen molar-refractivity contribution < 1.29 is 18.0 Å². The van der Waals surface area contributed by atoms with Gasteiger partial charge in [0.1, 0.15) is 0 Å². The summed E-state index contributed by atoms with van der Waals surface area (Å²) in [5, 5.41) is 2.59. The number of hydrogen-bond donors (Lipinski definition) is 2. The van der Waals surface area contributed by atoms with Crippen molar-refractivity contribution in [3.8, 4) is 0 Å². The Labute approximate surface area is 170 Å². The van der Waals surface area contributed by atoms with Crippen LogP contribution in [0.15, 0.2) is 59.8 Å². The number of benzene rings is 1. The van der Waals surface area contributed by atoms with Crippen LogP contribution in [0.1, 0.15) is 18.4 Å². The number of hydrogen-bond acceptors (Lipinski definition) is 6. The number of Topliss-reactive ketones (excluding diaryl/α,β-unsaturated/α-hetero) is 1. The van der Waals surface area contributed by atoms with Gasteiger partial charge in [-0.1, -0.05) is 36.4 Å². The van der Waals surface area contributed by atoms with Gasteiger partial charge in [-0.05, 0) is 37.0 Å². The molecule has 1 aliphatic rings. The molecule has 29 heavy (non-hydrogen) atoms. The van der Waals surface area contributed by atoms with E-state index >= 15 is 0 Å². The van der Waals surface area contributed by atoms with Crippen LogP contribution in [0.3, 0.4) is 0 Å². The Bertz CT molecular complexity index is 951. The maximum absolute atomic E-state index is 12.7. The number of nitrogens with zero attached hydrogens (tertiary/aromatic N) is 2. The summed E-state index contributed by atoms with van der Waals surface area (Å²) in [4.78, 5) is 29.0. The summed E-state index contributed by atoms with van der Waals surface area (Å²) in [7, 11) is -3.86. The number of pyridine rings is 1. The van der Waals surface area contributed by atoms with Gasteiger partial charge in [-0.3, -0.25) is 9.59 Å². The molecule has 2 aromatic rings. The zero-order chi connectivity index (χ0) is 20.9. The van der Waals surface area contributed by atoms with Gasteiger partial charge in [-0.2, -0.15) is 4.31 Å². The lowest BCUT2D eigenvalue weighted by Gasteiger charge is -2.20. The van der Waals surface area contributed by atoms with E-state index in [1.54, 1.807) is 12.1 Å². The number of aromatic nitrogens is 1. The normalized spacial score (nSPS) is 19.3. The van der Waals surface area contributed by atoms with E-state index < -0.39 is 28.0 Å². The van der Waals surface area contributed by atoms with Gasteiger partial charge in [0.2, 0.25) is 5.91 Å². The van der Waals surface area contributed by atoms with Crippen LogP contribution < -0.4 is 11.1 Å². The summed E-state index contributed by atoms with van der Waals surface area (Å²) in [6.45, 7) is -0.120. The fourth-order valence-electron chi connectivity index (χ4n) is 3.23. The minimum atomic E-state index is -3.86. The quantitative estimate of drug-likeness (QED) is 0.707. The summed E-state index contributed by atoms with van der Waals surface area (Å²) < 4.78 is 26.6. The van der Waals surface area contributed by atoms with E-state index in [0.717, 1.165) is 9.87 Å². The van der Waals surface area contributed by atoms with Gasteiger partial charge in [-0.25, -0.2) is 13.4 Å².